The summed E-state index contributed by atoms with van der Waals surface area (Å²) in [6.07, 6.45) is 3.18. The number of hydrogen-bond acceptors (Lipinski definition) is 4. The van der Waals surface area contributed by atoms with Gasteiger partial charge in [-0.1, -0.05) is 18.2 Å². The number of piperazine rings is 1. The molecule has 1 fully saturated rings. The Morgan fingerprint density at radius 3 is 2.40 bits per heavy atom. The number of aromatic nitrogens is 3. The molecule has 0 bridgehead atoms. The molecule has 3 heterocycles. The highest BCUT2D eigenvalue weighted by molar-refractivity contribution is 6.06. The lowest BCUT2D eigenvalue weighted by molar-refractivity contribution is 0.0533. The predicted octanol–water partition coefficient (Wildman–Crippen LogP) is 1.07. The summed E-state index contributed by atoms with van der Waals surface area (Å²) in [6, 6.07) is 7.72. The van der Waals surface area contributed by atoms with E-state index in [1.54, 1.807) is 16.0 Å². The van der Waals surface area contributed by atoms with Gasteiger partial charge in [-0.25, -0.2) is 4.98 Å². The molecule has 0 saturated carbocycles. The monoisotopic (exact) mass is 338 g/mol. The number of anilines is 1. The van der Waals surface area contributed by atoms with E-state index in [0.29, 0.717) is 37.4 Å². The van der Waals surface area contributed by atoms with Crippen molar-refractivity contribution in [1.29, 1.82) is 0 Å². The zero-order valence-corrected chi connectivity index (χ0v) is 13.5. The van der Waals surface area contributed by atoms with Crippen LogP contribution in [0.5, 0.6) is 0 Å². The highest BCUT2D eigenvalue weighted by Gasteiger charge is 2.27. The molecule has 4 N–H and O–H groups in total. The first-order valence-corrected chi connectivity index (χ1v) is 8.08. The van der Waals surface area contributed by atoms with Gasteiger partial charge in [-0.05, 0) is 6.07 Å². The number of hydrogen-bond donors (Lipinski definition) is 3. The molecule has 4 rings (SSSR count). The second-order valence-corrected chi connectivity index (χ2v) is 6.01. The number of nitrogens with two attached hydrogens (primary N) is 1. The number of carbonyl (C=O) groups excluding carboxylic acids is 2. The molecular formula is C17H18N6O2. The van der Waals surface area contributed by atoms with Crippen molar-refractivity contribution >= 4 is 28.7 Å². The van der Waals surface area contributed by atoms with Crippen molar-refractivity contribution in [2.45, 2.75) is 0 Å². The van der Waals surface area contributed by atoms with Crippen molar-refractivity contribution in [2.75, 3.05) is 31.9 Å². The van der Waals surface area contributed by atoms with Gasteiger partial charge in [0.05, 0.1) is 11.8 Å². The van der Waals surface area contributed by atoms with Gasteiger partial charge < -0.3 is 25.5 Å². The number of H-pyrrole nitrogens is 2. The van der Waals surface area contributed by atoms with E-state index in [4.69, 9.17) is 5.73 Å². The standard InChI is InChI=1S/C17H18N6O2/c18-17-20-10-14(21-17)16(25)23-7-5-22(6-8-23)15(24)12-9-19-13-4-2-1-3-11(12)13/h1-4,9-10,19H,5-8H2,(H3,18,20,21). The number of aromatic amines is 2. The lowest BCUT2D eigenvalue weighted by Gasteiger charge is -2.34. The fourth-order valence-electron chi connectivity index (χ4n) is 3.15. The van der Waals surface area contributed by atoms with Crippen LogP contribution >= 0.6 is 0 Å². The molecule has 0 radical (unpaired) electrons. The number of carbonyl (C=O) groups is 2. The number of amides is 2. The fourth-order valence-corrected chi connectivity index (χ4v) is 3.15. The second-order valence-electron chi connectivity index (χ2n) is 6.01. The third-order valence-electron chi connectivity index (χ3n) is 4.50. The number of rotatable bonds is 2. The van der Waals surface area contributed by atoms with Crippen molar-refractivity contribution in [3.63, 3.8) is 0 Å². The number of benzene rings is 1. The molecular weight excluding hydrogens is 320 g/mol. The fraction of sp³-hybridized carbons (Fsp3) is 0.235. The van der Waals surface area contributed by atoms with Crippen molar-refractivity contribution in [3.05, 3.63) is 47.9 Å². The van der Waals surface area contributed by atoms with Crippen LogP contribution in [0.3, 0.4) is 0 Å². The number of para-hydroxylation sites is 1. The number of nitrogens with one attached hydrogen (secondary N) is 2. The van der Waals surface area contributed by atoms with E-state index in [0.717, 1.165) is 10.9 Å². The van der Waals surface area contributed by atoms with Gasteiger partial charge in [0.1, 0.15) is 5.69 Å². The molecule has 1 aliphatic rings. The zero-order chi connectivity index (χ0) is 17.4. The van der Waals surface area contributed by atoms with Crippen molar-refractivity contribution in [3.8, 4) is 0 Å². The largest absolute Gasteiger partial charge is 0.369 e. The van der Waals surface area contributed by atoms with Crippen molar-refractivity contribution in [1.82, 2.24) is 24.8 Å². The van der Waals surface area contributed by atoms with Crippen LogP contribution < -0.4 is 5.73 Å². The van der Waals surface area contributed by atoms with E-state index < -0.39 is 0 Å². The van der Waals surface area contributed by atoms with Gasteiger partial charge in [0.2, 0.25) is 0 Å². The van der Waals surface area contributed by atoms with Gasteiger partial charge in [0.25, 0.3) is 11.8 Å². The topological polar surface area (TPSA) is 111 Å². The molecule has 0 spiro atoms. The van der Waals surface area contributed by atoms with E-state index in [-0.39, 0.29) is 17.8 Å². The minimum absolute atomic E-state index is 0.0182. The maximum Gasteiger partial charge on any atom is 0.272 e. The molecule has 0 atom stereocenters. The first-order valence-electron chi connectivity index (χ1n) is 8.08. The lowest BCUT2D eigenvalue weighted by atomic mass is 10.1. The third kappa shape index (κ3) is 2.71. The van der Waals surface area contributed by atoms with Crippen molar-refractivity contribution < 1.29 is 9.59 Å². The van der Waals surface area contributed by atoms with Gasteiger partial charge in [0, 0.05) is 43.3 Å². The Bertz CT molecular complexity index is 935. The smallest absolute Gasteiger partial charge is 0.272 e. The van der Waals surface area contributed by atoms with Crippen LogP contribution in [-0.4, -0.2) is 62.7 Å². The molecule has 0 unspecified atom stereocenters. The van der Waals surface area contributed by atoms with E-state index in [1.807, 2.05) is 24.3 Å². The Labute approximate surface area is 143 Å². The minimum atomic E-state index is -0.150. The molecule has 128 valence electrons. The van der Waals surface area contributed by atoms with Crippen molar-refractivity contribution in [2.24, 2.45) is 0 Å². The Morgan fingerprint density at radius 1 is 1.04 bits per heavy atom. The number of nitrogens with zero attached hydrogens (tertiary/aromatic N) is 3. The molecule has 8 heteroatoms. The summed E-state index contributed by atoms with van der Waals surface area (Å²) in [4.78, 5) is 38.4. The molecule has 1 aliphatic heterocycles. The van der Waals surface area contributed by atoms with Crippen LogP contribution in [0.1, 0.15) is 20.8 Å². The predicted molar refractivity (Wildman–Crippen MR) is 93.1 cm³/mol. The highest BCUT2D eigenvalue weighted by atomic mass is 16.2. The SMILES string of the molecule is Nc1ncc(C(=O)N2CCN(C(=O)c3c[nH]c4ccccc34)CC2)[nH]1. The second kappa shape index (κ2) is 5.97. The minimum Gasteiger partial charge on any atom is -0.369 e. The quantitative estimate of drug-likeness (QED) is 0.649. The average molecular weight is 338 g/mol. The molecule has 2 aromatic heterocycles. The molecule has 1 saturated heterocycles. The van der Waals surface area contributed by atoms with Crippen LogP contribution in [0, 0.1) is 0 Å². The Hall–Kier alpha value is -3.29. The Kier molecular flexibility index (Phi) is 3.64. The number of fused-ring (bicyclic) bond motifs is 1. The maximum absolute atomic E-state index is 12.8. The molecule has 2 amide bonds. The zero-order valence-electron chi connectivity index (χ0n) is 13.5. The molecule has 25 heavy (non-hydrogen) atoms. The number of imidazole rings is 1. The van der Waals surface area contributed by atoms with Crippen LogP contribution in [0.25, 0.3) is 10.9 Å². The van der Waals surface area contributed by atoms with E-state index >= 15 is 0 Å². The highest BCUT2D eigenvalue weighted by Crippen LogP contribution is 2.20. The first kappa shape index (κ1) is 15.3. The van der Waals surface area contributed by atoms with Crippen LogP contribution in [0.2, 0.25) is 0 Å². The molecule has 8 nitrogen and oxygen atoms in total. The lowest BCUT2D eigenvalue weighted by Crippen LogP contribution is -2.50. The van der Waals surface area contributed by atoms with E-state index in [2.05, 4.69) is 15.0 Å². The van der Waals surface area contributed by atoms with E-state index in [9.17, 15) is 9.59 Å². The van der Waals surface area contributed by atoms with Gasteiger partial charge in [0.15, 0.2) is 5.95 Å². The molecule has 3 aromatic rings. The van der Waals surface area contributed by atoms with E-state index in [1.165, 1.54) is 6.20 Å². The van der Waals surface area contributed by atoms with Crippen LogP contribution in [0.15, 0.2) is 36.7 Å². The molecule has 1 aromatic carbocycles. The number of nitrogen functional groups attached to an aromatic ring is 1. The Morgan fingerprint density at radius 2 is 1.72 bits per heavy atom. The summed E-state index contributed by atoms with van der Waals surface area (Å²) >= 11 is 0. The van der Waals surface area contributed by atoms with Crippen LogP contribution in [0.4, 0.5) is 5.95 Å². The summed E-state index contributed by atoms with van der Waals surface area (Å²) < 4.78 is 0. The summed E-state index contributed by atoms with van der Waals surface area (Å²) in [6.45, 7) is 1.94. The normalized spacial score (nSPS) is 14.9. The summed E-state index contributed by atoms with van der Waals surface area (Å²) in [5.41, 5.74) is 7.49. The summed E-state index contributed by atoms with van der Waals surface area (Å²) in [5, 5.41) is 0.916. The first-order chi connectivity index (χ1) is 12.1. The van der Waals surface area contributed by atoms with Gasteiger partial charge in [-0.3, -0.25) is 9.59 Å². The van der Waals surface area contributed by atoms with Gasteiger partial charge >= 0.3 is 0 Å². The van der Waals surface area contributed by atoms with Crippen LogP contribution in [-0.2, 0) is 0 Å². The molecule has 0 aliphatic carbocycles. The van der Waals surface area contributed by atoms with Gasteiger partial charge in [-0.2, -0.15) is 0 Å². The summed E-state index contributed by atoms with van der Waals surface area (Å²) in [5.74, 6) is 0.0511. The maximum atomic E-state index is 12.8. The third-order valence-corrected chi connectivity index (χ3v) is 4.50. The average Bonchev–Trinajstić information content (AvgIpc) is 3.27. The Balaban J connectivity index is 1.45. The summed E-state index contributed by atoms with van der Waals surface area (Å²) in [7, 11) is 0. The van der Waals surface area contributed by atoms with Gasteiger partial charge in [-0.15, -0.1) is 0 Å².